The van der Waals surface area contributed by atoms with Crippen LogP contribution in [0.2, 0.25) is 0 Å². The summed E-state index contributed by atoms with van der Waals surface area (Å²) in [6.45, 7) is 7.77. The van der Waals surface area contributed by atoms with Crippen molar-refractivity contribution in [1.29, 1.82) is 0 Å². The van der Waals surface area contributed by atoms with Crippen LogP contribution in [0.3, 0.4) is 0 Å². The minimum absolute atomic E-state index is 0.0378. The number of carbonyl (C=O) groups excluding carboxylic acids is 1. The van der Waals surface area contributed by atoms with Crippen molar-refractivity contribution in [2.45, 2.75) is 148 Å². The Kier molecular flexibility index (Phi) is 28.8. The van der Waals surface area contributed by atoms with Gasteiger partial charge >= 0.3 is 5.97 Å². The number of aliphatic hydroxyl groups is 2. The first-order chi connectivity index (χ1) is 18.5. The zero-order valence-electron chi connectivity index (χ0n) is 25.7. The maximum Gasteiger partial charge on any atom is 0.305 e. The summed E-state index contributed by atoms with van der Waals surface area (Å²) in [6, 6.07) is 0. The number of hydrogen-bond donors (Lipinski definition) is 3. The molecule has 0 heterocycles. The number of rotatable bonds is 30. The first kappa shape index (κ1) is 37.3. The largest absolute Gasteiger partial charge is 0.465 e. The first-order valence-electron chi connectivity index (χ1n) is 16.4. The number of ether oxygens (including phenoxy) is 1. The molecule has 0 aromatic carbocycles. The lowest BCUT2D eigenvalue weighted by Crippen LogP contribution is -2.37. The minimum Gasteiger partial charge on any atom is -0.465 e. The van der Waals surface area contributed by atoms with Crippen molar-refractivity contribution in [3.63, 3.8) is 0 Å². The van der Waals surface area contributed by atoms with Crippen LogP contribution < -0.4 is 5.32 Å². The fourth-order valence-corrected chi connectivity index (χ4v) is 5.03. The Labute approximate surface area is 236 Å². The molecule has 0 amide bonds. The highest BCUT2D eigenvalue weighted by atomic mass is 16.5. The molecule has 0 saturated heterocycles. The Morgan fingerprint density at radius 2 is 1.32 bits per heavy atom. The Morgan fingerprint density at radius 1 is 0.789 bits per heavy atom. The van der Waals surface area contributed by atoms with Crippen molar-refractivity contribution in [1.82, 2.24) is 10.2 Å². The van der Waals surface area contributed by atoms with Gasteiger partial charge in [-0.05, 0) is 45.2 Å². The molecule has 0 rings (SSSR count). The van der Waals surface area contributed by atoms with Gasteiger partial charge in [0.1, 0.15) is 0 Å². The summed E-state index contributed by atoms with van der Waals surface area (Å²) in [5.74, 6) is 0.487. The van der Waals surface area contributed by atoms with Gasteiger partial charge in [0.2, 0.25) is 0 Å². The van der Waals surface area contributed by atoms with E-state index >= 15 is 0 Å². The van der Waals surface area contributed by atoms with E-state index in [-0.39, 0.29) is 12.6 Å². The van der Waals surface area contributed by atoms with Crippen molar-refractivity contribution in [3.8, 4) is 0 Å². The molecule has 38 heavy (non-hydrogen) atoms. The monoisotopic (exact) mass is 543 g/mol. The van der Waals surface area contributed by atoms with E-state index in [1.807, 2.05) is 11.9 Å². The van der Waals surface area contributed by atoms with Crippen LogP contribution in [0.25, 0.3) is 0 Å². The molecule has 0 radical (unpaired) electrons. The second kappa shape index (κ2) is 29.3. The third kappa shape index (κ3) is 26.9. The van der Waals surface area contributed by atoms with Crippen molar-refractivity contribution >= 4 is 5.97 Å². The highest BCUT2D eigenvalue weighted by Crippen LogP contribution is 2.20. The molecular formula is C32H66N2O4. The molecule has 0 bridgehead atoms. The van der Waals surface area contributed by atoms with Gasteiger partial charge in [-0.2, -0.15) is 0 Å². The molecule has 228 valence electrons. The number of nitrogens with zero attached hydrogens (tertiary/aromatic N) is 1. The molecular weight excluding hydrogens is 476 g/mol. The van der Waals surface area contributed by atoms with Crippen LogP contribution in [0.4, 0.5) is 0 Å². The Bertz CT molecular complexity index is 492. The lowest BCUT2D eigenvalue weighted by molar-refractivity contribution is -0.145. The number of nitrogens with one attached hydrogen (secondary N) is 1. The average Bonchev–Trinajstić information content (AvgIpc) is 2.89. The number of carbonyl (C=O) groups is 1. The molecule has 0 saturated carbocycles. The van der Waals surface area contributed by atoms with Gasteiger partial charge in [-0.15, -0.1) is 0 Å². The molecule has 0 aliphatic carbocycles. The zero-order valence-corrected chi connectivity index (χ0v) is 25.7. The van der Waals surface area contributed by atoms with E-state index < -0.39 is 6.10 Å². The van der Waals surface area contributed by atoms with Crippen molar-refractivity contribution in [2.75, 3.05) is 46.4 Å². The van der Waals surface area contributed by atoms with Crippen LogP contribution >= 0.6 is 0 Å². The number of hydrogen-bond acceptors (Lipinski definition) is 6. The van der Waals surface area contributed by atoms with E-state index in [1.165, 1.54) is 103 Å². The normalized spacial score (nSPS) is 13.2. The summed E-state index contributed by atoms with van der Waals surface area (Å²) in [6.07, 6.45) is 24.0. The molecule has 3 N–H and O–H groups in total. The summed E-state index contributed by atoms with van der Waals surface area (Å²) in [5.41, 5.74) is 0. The smallest absolute Gasteiger partial charge is 0.305 e. The van der Waals surface area contributed by atoms with E-state index in [2.05, 4.69) is 19.2 Å². The van der Waals surface area contributed by atoms with Crippen molar-refractivity contribution in [2.24, 2.45) is 5.92 Å². The van der Waals surface area contributed by atoms with Crippen LogP contribution in [0.5, 0.6) is 0 Å². The Hall–Kier alpha value is -0.690. The molecule has 0 aromatic rings. The second-order valence-electron chi connectivity index (χ2n) is 11.5. The van der Waals surface area contributed by atoms with Crippen LogP contribution in [-0.4, -0.2) is 73.6 Å². The number of likely N-dealkylation sites (N-methyl/N-ethyl adjacent to an activating group) is 1. The van der Waals surface area contributed by atoms with Gasteiger partial charge in [-0.3, -0.25) is 4.79 Å². The summed E-state index contributed by atoms with van der Waals surface area (Å²) in [5, 5.41) is 22.2. The standard InChI is InChI=1S/C32H66N2O4/c1-4-6-8-10-12-13-15-18-22-30(21-17-14-11-9-7-5-2)29-38-32(37)23-19-16-20-24-33-27-31(36)28-34(3)25-26-35/h30-31,33,35-36H,4-29H2,1-3H3. The van der Waals surface area contributed by atoms with Crippen molar-refractivity contribution in [3.05, 3.63) is 0 Å². The maximum absolute atomic E-state index is 12.3. The minimum atomic E-state index is -0.434. The molecule has 0 aromatic heterocycles. The molecule has 2 atom stereocenters. The fraction of sp³-hybridized carbons (Fsp3) is 0.969. The molecule has 6 heteroatoms. The topological polar surface area (TPSA) is 82.0 Å². The van der Waals surface area contributed by atoms with Gasteiger partial charge in [-0.25, -0.2) is 0 Å². The summed E-state index contributed by atoms with van der Waals surface area (Å²) < 4.78 is 5.73. The predicted octanol–water partition coefficient (Wildman–Crippen LogP) is 6.86. The predicted molar refractivity (Wildman–Crippen MR) is 162 cm³/mol. The zero-order chi connectivity index (χ0) is 28.1. The van der Waals surface area contributed by atoms with E-state index in [4.69, 9.17) is 9.84 Å². The molecule has 2 unspecified atom stereocenters. The van der Waals surface area contributed by atoms with E-state index in [9.17, 15) is 9.90 Å². The van der Waals surface area contributed by atoms with Crippen LogP contribution in [-0.2, 0) is 9.53 Å². The van der Waals surface area contributed by atoms with E-state index in [1.54, 1.807) is 0 Å². The highest BCUT2D eigenvalue weighted by Gasteiger charge is 2.12. The van der Waals surface area contributed by atoms with Gasteiger partial charge in [0, 0.05) is 26.1 Å². The molecule has 0 spiro atoms. The van der Waals surface area contributed by atoms with Crippen LogP contribution in [0.1, 0.15) is 142 Å². The number of aliphatic hydroxyl groups excluding tert-OH is 2. The van der Waals surface area contributed by atoms with Crippen LogP contribution in [0, 0.1) is 5.92 Å². The third-order valence-corrected chi connectivity index (χ3v) is 7.53. The fourth-order valence-electron chi connectivity index (χ4n) is 5.03. The van der Waals surface area contributed by atoms with E-state index in [0.717, 1.165) is 25.8 Å². The summed E-state index contributed by atoms with van der Waals surface area (Å²) >= 11 is 0. The highest BCUT2D eigenvalue weighted by molar-refractivity contribution is 5.69. The van der Waals surface area contributed by atoms with Gasteiger partial charge in [-0.1, -0.05) is 110 Å². The number of esters is 1. The quantitative estimate of drug-likeness (QED) is 0.0679. The van der Waals surface area contributed by atoms with Gasteiger partial charge in [0.15, 0.2) is 0 Å². The second-order valence-corrected chi connectivity index (χ2v) is 11.5. The molecule has 0 aliphatic rings. The van der Waals surface area contributed by atoms with Gasteiger partial charge < -0.3 is 25.2 Å². The van der Waals surface area contributed by atoms with E-state index in [0.29, 0.717) is 38.6 Å². The van der Waals surface area contributed by atoms with Crippen molar-refractivity contribution < 1.29 is 19.7 Å². The lowest BCUT2D eigenvalue weighted by Gasteiger charge is -2.19. The number of unbranched alkanes of at least 4 members (excludes halogenated alkanes) is 14. The molecule has 0 fully saturated rings. The average molecular weight is 543 g/mol. The first-order valence-corrected chi connectivity index (χ1v) is 16.4. The Balaban J connectivity index is 3.99. The molecule has 0 aliphatic heterocycles. The molecule has 6 nitrogen and oxygen atoms in total. The SMILES string of the molecule is CCCCCCCCCCC(CCCCCCCC)COC(=O)CCCCCNCC(O)CN(C)CCO. The van der Waals surface area contributed by atoms with Gasteiger partial charge in [0.25, 0.3) is 0 Å². The maximum atomic E-state index is 12.3. The van der Waals surface area contributed by atoms with Gasteiger partial charge in [0.05, 0.1) is 19.3 Å². The summed E-state index contributed by atoms with van der Waals surface area (Å²) in [4.78, 5) is 14.3. The van der Waals surface area contributed by atoms with Crippen LogP contribution in [0.15, 0.2) is 0 Å². The summed E-state index contributed by atoms with van der Waals surface area (Å²) in [7, 11) is 1.89. The Morgan fingerprint density at radius 3 is 1.87 bits per heavy atom. The third-order valence-electron chi connectivity index (χ3n) is 7.53. The lowest BCUT2D eigenvalue weighted by atomic mass is 9.94.